The predicted molar refractivity (Wildman–Crippen MR) is 95.3 cm³/mol. The van der Waals surface area contributed by atoms with Crippen LogP contribution in [-0.4, -0.2) is 45.0 Å². The van der Waals surface area contributed by atoms with Gasteiger partial charge in [-0.15, -0.1) is 0 Å². The zero-order valence-corrected chi connectivity index (χ0v) is 13.9. The second kappa shape index (κ2) is 6.44. The number of H-pyrrole nitrogens is 1. The molecule has 2 amide bonds. The Morgan fingerprint density at radius 1 is 1.00 bits per heavy atom. The minimum absolute atomic E-state index is 0.000794. The second-order valence-electron chi connectivity index (χ2n) is 6.17. The number of carbonyl (C=O) groups excluding carboxylic acids is 2. The third kappa shape index (κ3) is 2.83. The minimum Gasteiger partial charge on any atom is -0.319 e. The fourth-order valence-corrected chi connectivity index (χ4v) is 3.10. The Balaban J connectivity index is 1.59. The summed E-state index contributed by atoms with van der Waals surface area (Å²) in [5, 5.41) is 7.17. The van der Waals surface area contributed by atoms with E-state index in [9.17, 15) is 14.4 Å². The summed E-state index contributed by atoms with van der Waals surface area (Å²) in [7, 11) is 0. The first-order chi connectivity index (χ1) is 12.6. The quantitative estimate of drug-likeness (QED) is 0.774. The first-order valence-electron chi connectivity index (χ1n) is 8.22. The van der Waals surface area contributed by atoms with Gasteiger partial charge < -0.3 is 9.80 Å². The third-order valence-electron chi connectivity index (χ3n) is 4.42. The van der Waals surface area contributed by atoms with Crippen LogP contribution in [0.3, 0.4) is 0 Å². The Hall–Kier alpha value is -3.48. The van der Waals surface area contributed by atoms with Gasteiger partial charge in [0.05, 0.1) is 12.1 Å². The molecule has 1 aromatic heterocycles. The fourth-order valence-electron chi connectivity index (χ4n) is 3.10. The molecule has 0 saturated carbocycles. The van der Waals surface area contributed by atoms with Crippen LogP contribution in [0.5, 0.6) is 0 Å². The average molecular weight is 348 g/mol. The van der Waals surface area contributed by atoms with Crippen LogP contribution in [0, 0.1) is 0 Å². The van der Waals surface area contributed by atoms with Gasteiger partial charge in [0, 0.05) is 11.9 Å². The number of nitrogens with one attached hydrogen (secondary N) is 1. The molecular formula is C19H16N4O3. The van der Waals surface area contributed by atoms with E-state index in [4.69, 9.17) is 0 Å². The summed E-state index contributed by atoms with van der Waals surface area (Å²) in [6, 6.07) is 16.4. The van der Waals surface area contributed by atoms with Crippen LogP contribution in [0.1, 0.15) is 16.1 Å². The van der Waals surface area contributed by atoms with Crippen molar-refractivity contribution in [3.05, 3.63) is 76.2 Å². The van der Waals surface area contributed by atoms with Gasteiger partial charge >= 0.3 is 0 Å². The minimum atomic E-state index is -0.374. The SMILES string of the molecule is O=C1CN(C(=O)c2n[nH]c(=O)c3ccccc23)CN1Cc1ccccc1. The first kappa shape index (κ1) is 16.0. The molecule has 2 heterocycles. The molecule has 0 spiro atoms. The number of nitrogens with zero attached hydrogens (tertiary/aromatic N) is 3. The molecule has 1 N–H and O–H groups in total. The van der Waals surface area contributed by atoms with E-state index in [1.54, 1.807) is 29.2 Å². The zero-order valence-electron chi connectivity index (χ0n) is 13.9. The van der Waals surface area contributed by atoms with Crippen LogP contribution in [0.25, 0.3) is 10.8 Å². The van der Waals surface area contributed by atoms with Crippen LogP contribution in [-0.2, 0) is 11.3 Å². The Morgan fingerprint density at radius 2 is 1.69 bits per heavy atom. The number of aromatic nitrogens is 2. The monoisotopic (exact) mass is 348 g/mol. The lowest BCUT2D eigenvalue weighted by Gasteiger charge is -2.18. The lowest BCUT2D eigenvalue weighted by Crippen LogP contribution is -2.32. The number of aromatic amines is 1. The molecule has 4 rings (SSSR count). The van der Waals surface area contributed by atoms with Gasteiger partial charge in [-0.1, -0.05) is 48.5 Å². The molecule has 0 unspecified atom stereocenters. The summed E-state index contributed by atoms with van der Waals surface area (Å²) in [5.41, 5.74) is 0.803. The van der Waals surface area contributed by atoms with E-state index in [0.29, 0.717) is 17.3 Å². The van der Waals surface area contributed by atoms with Gasteiger partial charge in [0.1, 0.15) is 6.54 Å². The van der Waals surface area contributed by atoms with Crippen molar-refractivity contribution in [2.75, 3.05) is 13.2 Å². The summed E-state index contributed by atoms with van der Waals surface area (Å²) < 4.78 is 0. The molecule has 7 nitrogen and oxygen atoms in total. The summed E-state index contributed by atoms with van der Waals surface area (Å²) >= 11 is 0. The normalized spacial score (nSPS) is 14.2. The average Bonchev–Trinajstić information content (AvgIpc) is 3.03. The molecule has 3 aromatic rings. The van der Waals surface area contributed by atoms with Crippen LogP contribution in [0.4, 0.5) is 0 Å². The summed E-state index contributed by atoms with van der Waals surface area (Å²) in [6.45, 7) is 0.645. The number of rotatable bonds is 3. The van der Waals surface area contributed by atoms with E-state index in [-0.39, 0.29) is 36.3 Å². The molecular weight excluding hydrogens is 332 g/mol. The molecule has 1 saturated heterocycles. The smallest absolute Gasteiger partial charge is 0.276 e. The number of hydrogen-bond acceptors (Lipinski definition) is 4. The van der Waals surface area contributed by atoms with Crippen molar-refractivity contribution in [2.24, 2.45) is 0 Å². The lowest BCUT2D eigenvalue weighted by molar-refractivity contribution is -0.127. The standard InChI is InChI=1S/C19H16N4O3/c24-16-11-23(12-22(16)10-13-6-2-1-3-7-13)19(26)17-14-8-4-5-9-15(14)18(25)21-20-17/h1-9H,10-12H2,(H,21,25). The van der Waals surface area contributed by atoms with E-state index >= 15 is 0 Å². The summed E-state index contributed by atoms with van der Waals surface area (Å²) in [4.78, 5) is 40.1. The number of benzene rings is 2. The molecule has 130 valence electrons. The maximum absolute atomic E-state index is 12.9. The zero-order chi connectivity index (χ0) is 18.1. The fraction of sp³-hybridized carbons (Fsp3) is 0.158. The van der Waals surface area contributed by atoms with Gasteiger partial charge in [-0.2, -0.15) is 5.10 Å². The molecule has 1 aliphatic heterocycles. The molecule has 2 aromatic carbocycles. The molecule has 0 aliphatic carbocycles. The largest absolute Gasteiger partial charge is 0.319 e. The van der Waals surface area contributed by atoms with Gasteiger partial charge in [0.15, 0.2) is 5.69 Å². The highest BCUT2D eigenvalue weighted by molar-refractivity contribution is 6.06. The Morgan fingerprint density at radius 3 is 2.46 bits per heavy atom. The molecule has 1 aliphatic rings. The highest BCUT2D eigenvalue weighted by Crippen LogP contribution is 2.18. The maximum Gasteiger partial charge on any atom is 0.276 e. The molecule has 26 heavy (non-hydrogen) atoms. The van der Waals surface area contributed by atoms with E-state index in [2.05, 4.69) is 10.2 Å². The summed E-state index contributed by atoms with van der Waals surface area (Å²) in [5.74, 6) is -0.489. The Bertz CT molecular complexity index is 1050. The van der Waals surface area contributed by atoms with Crippen LogP contribution in [0.2, 0.25) is 0 Å². The highest BCUT2D eigenvalue weighted by atomic mass is 16.2. The van der Waals surface area contributed by atoms with Crippen molar-refractivity contribution >= 4 is 22.6 Å². The van der Waals surface area contributed by atoms with Crippen molar-refractivity contribution in [2.45, 2.75) is 6.54 Å². The Labute approximate surface area is 148 Å². The second-order valence-corrected chi connectivity index (χ2v) is 6.17. The van der Waals surface area contributed by atoms with Gasteiger partial charge in [0.2, 0.25) is 5.91 Å². The van der Waals surface area contributed by atoms with Gasteiger partial charge in [0.25, 0.3) is 11.5 Å². The van der Waals surface area contributed by atoms with Gasteiger partial charge in [-0.05, 0) is 11.6 Å². The molecule has 0 radical (unpaired) electrons. The maximum atomic E-state index is 12.9. The molecule has 7 heteroatoms. The van der Waals surface area contributed by atoms with Crippen LogP contribution >= 0.6 is 0 Å². The summed E-state index contributed by atoms with van der Waals surface area (Å²) in [6.07, 6.45) is 0. The molecule has 1 fully saturated rings. The van der Waals surface area contributed by atoms with Crippen molar-refractivity contribution in [3.8, 4) is 0 Å². The van der Waals surface area contributed by atoms with Crippen LogP contribution in [0.15, 0.2) is 59.4 Å². The topological polar surface area (TPSA) is 86.4 Å². The Kier molecular flexibility index (Phi) is 3.96. The van der Waals surface area contributed by atoms with E-state index in [1.807, 2.05) is 30.3 Å². The number of hydrogen-bond donors (Lipinski definition) is 1. The van der Waals surface area contributed by atoms with Gasteiger partial charge in [-0.25, -0.2) is 5.10 Å². The number of carbonyl (C=O) groups is 2. The van der Waals surface area contributed by atoms with Crippen molar-refractivity contribution in [3.63, 3.8) is 0 Å². The molecule has 0 bridgehead atoms. The van der Waals surface area contributed by atoms with E-state index < -0.39 is 0 Å². The van der Waals surface area contributed by atoms with E-state index in [0.717, 1.165) is 5.56 Å². The van der Waals surface area contributed by atoms with Crippen molar-refractivity contribution in [1.29, 1.82) is 0 Å². The van der Waals surface area contributed by atoms with E-state index in [1.165, 1.54) is 4.90 Å². The van der Waals surface area contributed by atoms with Crippen molar-refractivity contribution < 1.29 is 9.59 Å². The predicted octanol–water partition coefficient (Wildman–Crippen LogP) is 1.37. The van der Waals surface area contributed by atoms with Gasteiger partial charge in [-0.3, -0.25) is 14.4 Å². The first-order valence-corrected chi connectivity index (χ1v) is 8.22. The van der Waals surface area contributed by atoms with Crippen LogP contribution < -0.4 is 5.56 Å². The number of fused-ring (bicyclic) bond motifs is 1. The highest BCUT2D eigenvalue weighted by Gasteiger charge is 2.32. The lowest BCUT2D eigenvalue weighted by atomic mass is 10.1. The molecule has 0 atom stereocenters. The van der Waals surface area contributed by atoms with Crippen molar-refractivity contribution in [1.82, 2.24) is 20.0 Å². The number of amides is 2. The third-order valence-corrected chi connectivity index (χ3v) is 4.42.